The molecular weight excluding hydrogens is 768 g/mol. The first-order valence-electron chi connectivity index (χ1n) is 9.51. The molecule has 6 heteroatoms. The van der Waals surface area contributed by atoms with E-state index in [4.69, 9.17) is 0 Å². The Bertz CT molecular complexity index is 771. The molecule has 7 rings (SSSR count). The molecule has 6 atom stereocenters. The second-order valence-electron chi connectivity index (χ2n) is 7.41. The largest absolute Gasteiger partial charge is 0.0823 e. The van der Waals surface area contributed by atoms with Gasteiger partial charge in [0.15, 0.2) is 0 Å². The number of hydrogen-bond donors (Lipinski definition) is 0. The number of fused-ring (bicyclic) bond motifs is 3. The zero-order valence-electron chi connectivity index (χ0n) is 15.7. The molecule has 0 heterocycles. The Hall–Kier alpha value is 0.540. The minimum atomic E-state index is 0.181. The van der Waals surface area contributed by atoms with Gasteiger partial charge in [-0.25, -0.2) is 0 Å². The third-order valence-corrected chi connectivity index (χ3v) is 14.0. The summed E-state index contributed by atoms with van der Waals surface area (Å²) >= 11 is 23.4. The van der Waals surface area contributed by atoms with Crippen molar-refractivity contribution in [2.24, 2.45) is 0 Å². The van der Waals surface area contributed by atoms with Crippen LogP contribution in [0.15, 0.2) is 72.8 Å². The molecule has 0 aromatic heterocycles. The molecule has 0 unspecified atom stereocenters. The number of benzene rings is 3. The zero-order valence-corrected chi connectivity index (χ0v) is 25.2. The Morgan fingerprint density at radius 2 is 0.367 bits per heavy atom. The highest BCUT2D eigenvalue weighted by Crippen LogP contribution is 2.47. The average Bonchev–Trinajstić information content (AvgIpc) is 2.81. The van der Waals surface area contributed by atoms with Crippen LogP contribution in [-0.2, 0) is 0 Å². The maximum atomic E-state index is 3.90. The van der Waals surface area contributed by atoms with Gasteiger partial charge in [-0.1, -0.05) is 168 Å². The van der Waals surface area contributed by atoms with Gasteiger partial charge in [-0.05, 0) is 33.4 Å². The highest BCUT2D eigenvalue weighted by Gasteiger charge is 2.25. The summed E-state index contributed by atoms with van der Waals surface area (Å²) < 4.78 is 0. The summed E-state index contributed by atoms with van der Waals surface area (Å²) in [5, 5.41) is 0. The third kappa shape index (κ3) is 4.89. The minimum absolute atomic E-state index is 0.181. The lowest BCUT2D eigenvalue weighted by Gasteiger charge is -2.23. The molecule has 0 saturated heterocycles. The summed E-state index contributed by atoms with van der Waals surface area (Å²) in [6, 6.07) is 26.5. The molecule has 6 bridgehead atoms. The van der Waals surface area contributed by atoms with Gasteiger partial charge < -0.3 is 0 Å². The maximum absolute atomic E-state index is 3.90. The van der Waals surface area contributed by atoms with Crippen LogP contribution in [0.2, 0.25) is 0 Å². The molecule has 3 aromatic rings. The van der Waals surface area contributed by atoms with Crippen molar-refractivity contribution in [1.29, 1.82) is 0 Å². The van der Waals surface area contributed by atoms with Gasteiger partial charge >= 0.3 is 0 Å². The average molecular weight is 786 g/mol. The molecule has 30 heavy (non-hydrogen) atoms. The van der Waals surface area contributed by atoms with E-state index in [1.54, 1.807) is 0 Å². The predicted octanol–water partition coefficient (Wildman–Crippen LogP) is 10.7. The van der Waals surface area contributed by atoms with Crippen LogP contribution in [-0.4, -0.2) is 0 Å². The van der Waals surface area contributed by atoms with E-state index in [2.05, 4.69) is 168 Å². The molecule has 156 valence electrons. The van der Waals surface area contributed by atoms with E-state index in [1.165, 1.54) is 33.4 Å². The Morgan fingerprint density at radius 3 is 0.467 bits per heavy atom. The van der Waals surface area contributed by atoms with Crippen molar-refractivity contribution in [1.82, 2.24) is 0 Å². The van der Waals surface area contributed by atoms with Crippen LogP contribution in [0.3, 0.4) is 0 Å². The molecule has 0 aliphatic heterocycles. The van der Waals surface area contributed by atoms with E-state index >= 15 is 0 Å². The van der Waals surface area contributed by atoms with Crippen molar-refractivity contribution in [3.63, 3.8) is 0 Å². The highest BCUT2D eigenvalue weighted by molar-refractivity contribution is 9.12. The van der Waals surface area contributed by atoms with E-state index in [0.29, 0.717) is 0 Å². The number of rotatable bonds is 0. The summed E-state index contributed by atoms with van der Waals surface area (Å²) in [6.45, 7) is 0. The Kier molecular flexibility index (Phi) is 8.06. The van der Waals surface area contributed by atoms with Gasteiger partial charge in [0.25, 0.3) is 0 Å². The van der Waals surface area contributed by atoms with Crippen LogP contribution in [0.25, 0.3) is 0 Å². The van der Waals surface area contributed by atoms with E-state index in [-0.39, 0.29) is 29.0 Å². The Morgan fingerprint density at radius 1 is 0.267 bits per heavy atom. The van der Waals surface area contributed by atoms with Gasteiger partial charge in [0.1, 0.15) is 0 Å². The van der Waals surface area contributed by atoms with Crippen molar-refractivity contribution in [2.45, 2.75) is 29.0 Å². The van der Waals surface area contributed by atoms with Crippen LogP contribution in [0.5, 0.6) is 0 Å². The molecule has 0 radical (unpaired) electrons. The van der Waals surface area contributed by atoms with Crippen molar-refractivity contribution in [3.05, 3.63) is 106 Å². The third-order valence-electron chi connectivity index (χ3n) is 5.49. The summed E-state index contributed by atoms with van der Waals surface area (Å²) in [5.41, 5.74) is 7.50. The minimum Gasteiger partial charge on any atom is -0.0823 e. The monoisotopic (exact) mass is 780 g/mol. The molecule has 0 spiro atoms. The van der Waals surface area contributed by atoms with E-state index in [1.807, 2.05) is 0 Å². The standard InChI is InChI=1S/C24H18Br6/c25-19-13-1-2-14(4-3-13)20(26)22(28)16-9-11-18(12-10-16)24(30)23(29)17-7-5-15(6-8-17)21(19)27/h1-12,19-24H/t19-,20+,21+,22-,23-,24+. The lowest BCUT2D eigenvalue weighted by molar-refractivity contribution is 0.901. The van der Waals surface area contributed by atoms with Gasteiger partial charge in [-0.3, -0.25) is 0 Å². The molecule has 0 nitrogen and oxygen atoms in total. The first kappa shape index (κ1) is 23.7. The normalized spacial score (nSPS) is 29.0. The molecule has 0 fully saturated rings. The van der Waals surface area contributed by atoms with Crippen molar-refractivity contribution in [3.8, 4) is 0 Å². The molecule has 0 N–H and O–H groups in total. The van der Waals surface area contributed by atoms with Crippen LogP contribution in [0.4, 0.5) is 0 Å². The fraction of sp³-hybridized carbons (Fsp3) is 0.250. The summed E-state index contributed by atoms with van der Waals surface area (Å²) in [4.78, 5) is 1.09. The van der Waals surface area contributed by atoms with Gasteiger partial charge in [-0.2, -0.15) is 0 Å². The second kappa shape index (κ2) is 10.2. The second-order valence-corrected chi connectivity index (χ2v) is 13.3. The predicted molar refractivity (Wildman–Crippen MR) is 149 cm³/mol. The molecule has 3 aromatic carbocycles. The Labute approximate surface area is 228 Å². The van der Waals surface area contributed by atoms with E-state index < -0.39 is 0 Å². The lowest BCUT2D eigenvalue weighted by atomic mass is 9.96. The first-order chi connectivity index (χ1) is 14.4. The molecular formula is C24H18Br6. The van der Waals surface area contributed by atoms with Crippen molar-refractivity contribution >= 4 is 95.6 Å². The van der Waals surface area contributed by atoms with Crippen LogP contribution in [0.1, 0.15) is 62.3 Å². The quantitative estimate of drug-likeness (QED) is 0.199. The van der Waals surface area contributed by atoms with E-state index in [9.17, 15) is 0 Å². The summed E-state index contributed by atoms with van der Waals surface area (Å²) in [6.07, 6.45) is 0. The maximum Gasteiger partial charge on any atom is 0.0561 e. The fourth-order valence-electron chi connectivity index (χ4n) is 3.60. The van der Waals surface area contributed by atoms with Gasteiger partial charge in [0, 0.05) is 0 Å². The molecule has 0 saturated carbocycles. The van der Waals surface area contributed by atoms with Gasteiger partial charge in [-0.15, -0.1) is 0 Å². The summed E-state index contributed by atoms with van der Waals surface area (Å²) in [7, 11) is 0. The molecule has 4 aliphatic carbocycles. The number of hydrogen-bond acceptors (Lipinski definition) is 0. The van der Waals surface area contributed by atoms with Crippen LogP contribution >= 0.6 is 95.6 Å². The molecule has 0 amide bonds. The van der Waals surface area contributed by atoms with Crippen LogP contribution < -0.4 is 0 Å². The Balaban J connectivity index is 1.80. The number of halogens is 6. The zero-order chi connectivity index (χ0) is 21.4. The van der Waals surface area contributed by atoms with Gasteiger partial charge in [0.2, 0.25) is 0 Å². The number of alkyl halides is 6. The lowest BCUT2D eigenvalue weighted by Crippen LogP contribution is -2.04. The van der Waals surface area contributed by atoms with Gasteiger partial charge in [0.05, 0.1) is 29.0 Å². The first-order valence-corrected chi connectivity index (χ1v) is 15.0. The summed E-state index contributed by atoms with van der Waals surface area (Å²) in [5.74, 6) is 0. The van der Waals surface area contributed by atoms with Crippen molar-refractivity contribution < 1.29 is 0 Å². The fourth-order valence-corrected chi connectivity index (χ4v) is 7.27. The van der Waals surface area contributed by atoms with Crippen LogP contribution in [0, 0.1) is 0 Å². The highest BCUT2D eigenvalue weighted by atomic mass is 79.9. The van der Waals surface area contributed by atoms with Crippen molar-refractivity contribution in [2.75, 3.05) is 0 Å². The SMILES string of the molecule is Br[C@@H]1c2ccc(cc2)[C@H](Br)[C@H](Br)c2ccc(cc2)[C@H](Br)[C@H](Br)c2ccc(cc2)[C@@H]1Br. The van der Waals surface area contributed by atoms with E-state index in [0.717, 1.165) is 0 Å². The smallest absolute Gasteiger partial charge is 0.0561 e. The molecule has 4 aliphatic rings. The topological polar surface area (TPSA) is 0 Å².